The van der Waals surface area contributed by atoms with Crippen molar-refractivity contribution in [2.24, 2.45) is 4.99 Å². The van der Waals surface area contributed by atoms with Crippen LogP contribution in [-0.4, -0.2) is 63.5 Å². The number of nitrogen functional groups attached to an aromatic ring is 1. The molecule has 1 aliphatic carbocycles. The summed E-state index contributed by atoms with van der Waals surface area (Å²) in [5.41, 5.74) is 3.10. The molecular formula is C29H22N9O9S2+. The van der Waals surface area contributed by atoms with E-state index in [9.17, 15) is 40.6 Å². The fraction of sp³-hybridized carbons (Fsp3) is 0. The summed E-state index contributed by atoms with van der Waals surface area (Å²) in [5.74, 6) is -2.26. The number of fused-ring (bicyclic) bond motifs is 2. The molecule has 0 spiro atoms. The zero-order chi connectivity index (χ0) is 35.4. The van der Waals surface area contributed by atoms with Gasteiger partial charge in [0, 0.05) is 16.8 Å². The Labute approximate surface area is 274 Å². The van der Waals surface area contributed by atoms with Crippen LogP contribution in [-0.2, 0) is 20.2 Å². The summed E-state index contributed by atoms with van der Waals surface area (Å²) in [5, 5.41) is 27.7. The van der Waals surface area contributed by atoms with Crippen molar-refractivity contribution in [1.29, 1.82) is 10.8 Å². The summed E-state index contributed by atoms with van der Waals surface area (Å²) >= 11 is 0. The molecule has 3 aromatic carbocycles. The van der Waals surface area contributed by atoms with Crippen molar-refractivity contribution in [3.63, 3.8) is 0 Å². The van der Waals surface area contributed by atoms with Gasteiger partial charge in [0.1, 0.15) is 9.79 Å². The monoisotopic (exact) mass is 704 g/mol. The first-order valence-corrected chi connectivity index (χ1v) is 16.5. The minimum absolute atomic E-state index is 0.00710. The number of aliphatic hydroxyl groups excluding tert-OH is 1. The predicted molar refractivity (Wildman–Crippen MR) is 169 cm³/mol. The van der Waals surface area contributed by atoms with E-state index in [2.05, 4.69) is 25.3 Å². The molecule has 0 saturated carbocycles. The highest BCUT2D eigenvalue weighted by Gasteiger charge is 2.36. The highest BCUT2D eigenvalue weighted by atomic mass is 32.2. The largest absolute Gasteiger partial charge is 0.493 e. The van der Waals surface area contributed by atoms with E-state index in [0.29, 0.717) is 0 Å². The van der Waals surface area contributed by atoms with Gasteiger partial charge in [-0.15, -0.1) is 0 Å². The maximum atomic E-state index is 13.6. The van der Waals surface area contributed by atoms with E-state index >= 15 is 0 Å². The Bertz CT molecular complexity index is 2650. The van der Waals surface area contributed by atoms with Gasteiger partial charge in [0.25, 0.3) is 25.9 Å². The van der Waals surface area contributed by atoms with Gasteiger partial charge in [-0.05, 0) is 41.4 Å². The average molecular weight is 705 g/mol. The number of aliphatic hydroxyl groups is 1. The number of hydrogen-bond acceptors (Lipinski definition) is 12. The van der Waals surface area contributed by atoms with Gasteiger partial charge in [-0.2, -0.15) is 21.8 Å². The number of ketones is 2. The van der Waals surface area contributed by atoms with Crippen molar-refractivity contribution >= 4 is 60.5 Å². The van der Waals surface area contributed by atoms with Crippen LogP contribution in [0.1, 0.15) is 37.4 Å². The second-order valence-corrected chi connectivity index (χ2v) is 13.2. The lowest BCUT2D eigenvalue weighted by molar-refractivity contribution is -0.604. The molecule has 2 heterocycles. The molecule has 0 fully saturated rings. The van der Waals surface area contributed by atoms with Gasteiger partial charge < -0.3 is 16.2 Å². The number of aromatic nitrogens is 4. The number of hydrogen-bond donors (Lipinski definition) is 9. The minimum Gasteiger partial charge on any atom is -0.493 e. The van der Waals surface area contributed by atoms with E-state index in [1.54, 1.807) is 0 Å². The van der Waals surface area contributed by atoms with Crippen LogP contribution in [0.2, 0.25) is 0 Å². The molecule has 0 radical (unpaired) electrons. The lowest BCUT2D eigenvalue weighted by Gasteiger charge is -2.23. The van der Waals surface area contributed by atoms with Crippen molar-refractivity contribution in [3.8, 4) is 5.95 Å². The Balaban J connectivity index is 1.49. The van der Waals surface area contributed by atoms with Crippen LogP contribution in [0.4, 0.5) is 22.7 Å². The third-order valence-corrected chi connectivity index (χ3v) is 9.01. The zero-order valence-electron chi connectivity index (χ0n) is 24.5. The molecule has 10 N–H and O–H groups in total. The third kappa shape index (κ3) is 6.09. The van der Waals surface area contributed by atoms with Crippen LogP contribution in [0.5, 0.6) is 0 Å². The summed E-state index contributed by atoms with van der Waals surface area (Å²) in [6.07, 6.45) is 2.81. The second kappa shape index (κ2) is 11.7. The molecule has 49 heavy (non-hydrogen) atoms. The Hall–Kier alpha value is -6.35. The normalized spacial score (nSPS) is 13.1. The standard InChI is InChI=1S/C29H21N9O9S2/c30-23-20(49(45,46)47)11-18(21-22(23)25(40)16-6-2-1-5-15(16)24(21)39)33-14-7-8-17(19(10-14)48(42,43)44)34-28-35-27(32)36-29(37-28)38-9-3-4-13(12-38)26(31)41/h1-12H,(H9-,30,31,32,33,34,35,36,37,39,40,41,42,43,44,45,46,47)/p+1. The topological polar surface area (TPSA) is 310 Å². The minimum atomic E-state index is -5.04. The fourth-order valence-electron chi connectivity index (χ4n) is 5.11. The van der Waals surface area contributed by atoms with Gasteiger partial charge in [-0.25, -0.2) is 9.55 Å². The molecule has 0 amide bonds. The van der Waals surface area contributed by atoms with E-state index in [-0.39, 0.29) is 50.9 Å². The molecule has 0 atom stereocenters. The number of carbonyl (C=O) groups excluding carboxylic acids is 2. The smallest absolute Gasteiger partial charge is 0.407 e. The molecule has 0 saturated heterocycles. The van der Waals surface area contributed by atoms with Crippen molar-refractivity contribution < 1.29 is 45.2 Å². The van der Waals surface area contributed by atoms with Gasteiger partial charge in [0.05, 0.1) is 46.1 Å². The number of benzene rings is 3. The molecule has 0 unspecified atom stereocenters. The Kier molecular flexibility index (Phi) is 7.79. The molecule has 6 rings (SSSR count). The number of nitrogens with one attached hydrogen (secondary N) is 5. The SMILES string of the molecule is N=C(O)c1ccc[n+](-c2nc(=N)[nH]c(=Nc3ccc(Nc4cc(S(=O)(=O)O)c(N)c5c4C(=O)c4ccccc4C5=O)cc3S(=O)(=O)O)[nH]2)c1. The number of aromatic amines is 2. The molecule has 1 aliphatic rings. The van der Waals surface area contributed by atoms with E-state index in [4.69, 9.17) is 16.6 Å². The number of anilines is 3. The number of rotatable bonds is 7. The first-order chi connectivity index (χ1) is 23.0. The number of carbonyl (C=O) groups is 2. The molecular weight excluding hydrogens is 683 g/mol. The fourth-order valence-corrected chi connectivity index (χ4v) is 6.41. The maximum absolute atomic E-state index is 13.6. The van der Waals surface area contributed by atoms with E-state index in [1.165, 1.54) is 59.4 Å². The van der Waals surface area contributed by atoms with Crippen molar-refractivity contribution in [2.75, 3.05) is 11.1 Å². The molecule has 18 nitrogen and oxygen atoms in total. The van der Waals surface area contributed by atoms with Gasteiger partial charge >= 0.3 is 11.6 Å². The van der Waals surface area contributed by atoms with E-state index in [1.807, 2.05) is 0 Å². The van der Waals surface area contributed by atoms with Crippen molar-refractivity contribution in [2.45, 2.75) is 9.79 Å². The lowest BCUT2D eigenvalue weighted by Crippen LogP contribution is -2.40. The van der Waals surface area contributed by atoms with Gasteiger partial charge in [-0.1, -0.05) is 24.3 Å². The van der Waals surface area contributed by atoms with Gasteiger partial charge in [0.2, 0.25) is 5.90 Å². The first-order valence-electron chi connectivity index (χ1n) is 13.6. The maximum Gasteiger partial charge on any atom is 0.407 e. The van der Waals surface area contributed by atoms with Crippen LogP contribution in [0.3, 0.4) is 0 Å². The van der Waals surface area contributed by atoms with Gasteiger partial charge in [0.15, 0.2) is 11.6 Å². The van der Waals surface area contributed by atoms with Crippen LogP contribution >= 0.6 is 0 Å². The second-order valence-electron chi connectivity index (χ2n) is 10.4. The molecule has 20 heteroatoms. The Morgan fingerprint density at radius 2 is 1.55 bits per heavy atom. The van der Waals surface area contributed by atoms with Crippen molar-refractivity contribution in [1.82, 2.24) is 15.0 Å². The summed E-state index contributed by atoms with van der Waals surface area (Å²) in [4.78, 5) is 38.7. The van der Waals surface area contributed by atoms with Crippen molar-refractivity contribution in [3.05, 3.63) is 112 Å². The summed E-state index contributed by atoms with van der Waals surface area (Å²) < 4.78 is 70.9. The van der Waals surface area contributed by atoms with Crippen LogP contribution in [0.15, 0.2) is 87.8 Å². The van der Waals surface area contributed by atoms with Crippen LogP contribution in [0.25, 0.3) is 5.95 Å². The van der Waals surface area contributed by atoms with Gasteiger partial charge in [-0.3, -0.25) is 34.5 Å². The highest BCUT2D eigenvalue weighted by Crippen LogP contribution is 2.40. The van der Waals surface area contributed by atoms with E-state index < -0.39 is 64.4 Å². The Morgan fingerprint density at radius 3 is 2.18 bits per heavy atom. The number of H-pyrrole nitrogens is 2. The number of nitrogens with two attached hydrogens (primary N) is 1. The predicted octanol–water partition coefficient (Wildman–Crippen LogP) is 1.20. The van der Waals surface area contributed by atoms with Crippen LogP contribution in [0, 0.1) is 10.8 Å². The van der Waals surface area contributed by atoms with Crippen LogP contribution < -0.4 is 26.9 Å². The Morgan fingerprint density at radius 1 is 0.898 bits per heavy atom. The molecule has 0 bridgehead atoms. The number of pyridine rings is 1. The quantitative estimate of drug-likeness (QED) is 0.0372. The summed E-state index contributed by atoms with van der Waals surface area (Å²) in [7, 11) is -10.1. The summed E-state index contributed by atoms with van der Waals surface area (Å²) in [6.45, 7) is 0. The first kappa shape index (κ1) is 32.6. The summed E-state index contributed by atoms with van der Waals surface area (Å²) in [6, 6.07) is 12.8. The third-order valence-electron chi connectivity index (χ3n) is 7.23. The lowest BCUT2D eigenvalue weighted by atomic mass is 9.82. The highest BCUT2D eigenvalue weighted by molar-refractivity contribution is 7.86. The molecule has 0 aliphatic heterocycles. The zero-order valence-corrected chi connectivity index (χ0v) is 26.1. The van der Waals surface area contributed by atoms with E-state index in [0.717, 1.165) is 18.2 Å². The molecule has 248 valence electrons. The molecule has 2 aromatic heterocycles. The molecule has 5 aromatic rings. The number of nitrogens with zero attached hydrogens (tertiary/aromatic N) is 3. The average Bonchev–Trinajstić information content (AvgIpc) is 3.03.